The van der Waals surface area contributed by atoms with Crippen LogP contribution in [0, 0.1) is 13.5 Å². The van der Waals surface area contributed by atoms with Gasteiger partial charge in [-0.1, -0.05) is 71.8 Å². The zero-order chi connectivity index (χ0) is 18.3. The Bertz CT molecular complexity index is 656. The average molecular weight is 438 g/mol. The van der Waals surface area contributed by atoms with Gasteiger partial charge >= 0.3 is 26.2 Å². The smallest absolute Gasteiger partial charge is 0.872 e. The van der Waals surface area contributed by atoms with Crippen LogP contribution < -0.4 is 10.2 Å². The molecule has 3 rings (SSSR count). The molecule has 0 atom stereocenters. The third-order valence-electron chi connectivity index (χ3n) is 3.26. The summed E-state index contributed by atoms with van der Waals surface area (Å²) in [6.07, 6.45) is 14.8. The summed E-state index contributed by atoms with van der Waals surface area (Å²) in [5.41, 5.74) is 1.63. The van der Waals surface area contributed by atoms with Gasteiger partial charge in [-0.25, -0.2) is 12.2 Å². The number of rotatable bonds is 4. The Kier molecular flexibility index (Phi) is 17.4. The zero-order valence-corrected chi connectivity index (χ0v) is 18.3. The number of hydrogen-bond donors (Lipinski definition) is 0. The van der Waals surface area contributed by atoms with E-state index in [0.717, 1.165) is 17.5 Å². The van der Waals surface area contributed by atoms with Crippen LogP contribution in [0.5, 0.6) is 11.5 Å². The Morgan fingerprint density at radius 3 is 1.56 bits per heavy atom. The van der Waals surface area contributed by atoms with E-state index in [9.17, 15) is 10.2 Å². The number of allylic oxidation sites excluding steroid dienone is 6. The molecule has 0 saturated heterocycles. The van der Waals surface area contributed by atoms with Crippen molar-refractivity contribution in [2.45, 2.75) is 19.3 Å². The third kappa shape index (κ3) is 12.0. The second-order valence-corrected chi connectivity index (χ2v) is 5.20. The van der Waals surface area contributed by atoms with Crippen LogP contribution in [-0.2, 0) is 39.0 Å². The molecule has 2 aromatic rings. The molecule has 27 heavy (non-hydrogen) atoms. The van der Waals surface area contributed by atoms with Crippen LogP contribution in [0.3, 0.4) is 0 Å². The van der Waals surface area contributed by atoms with Crippen molar-refractivity contribution in [3.05, 3.63) is 117 Å². The van der Waals surface area contributed by atoms with Crippen molar-refractivity contribution in [3.8, 4) is 11.5 Å². The molecule has 2 nitrogen and oxygen atoms in total. The summed E-state index contributed by atoms with van der Waals surface area (Å²) in [4.78, 5) is 0. The van der Waals surface area contributed by atoms with Gasteiger partial charge in [-0.05, 0) is 12.8 Å². The molecule has 0 aromatic heterocycles. The minimum absolute atomic E-state index is 0. The van der Waals surface area contributed by atoms with Gasteiger partial charge in [0.25, 0.3) is 0 Å². The maximum Gasteiger partial charge on any atom is 4.00 e. The molecule has 0 radical (unpaired) electrons. The summed E-state index contributed by atoms with van der Waals surface area (Å²) < 4.78 is 0. The van der Waals surface area contributed by atoms with Crippen molar-refractivity contribution in [1.29, 1.82) is 0 Å². The van der Waals surface area contributed by atoms with Crippen molar-refractivity contribution in [1.82, 2.24) is 0 Å². The quantitative estimate of drug-likeness (QED) is 0.513. The van der Waals surface area contributed by atoms with Crippen LogP contribution in [0.1, 0.15) is 17.5 Å². The van der Waals surface area contributed by atoms with Gasteiger partial charge in [0.1, 0.15) is 0 Å². The van der Waals surface area contributed by atoms with Gasteiger partial charge in [0.05, 0.1) is 0 Å². The fraction of sp³-hybridized carbons (Fsp3) is 0.125. The van der Waals surface area contributed by atoms with Crippen LogP contribution >= 0.6 is 0 Å². The largest absolute Gasteiger partial charge is 4.00 e. The Morgan fingerprint density at radius 1 is 0.852 bits per heavy atom. The van der Waals surface area contributed by atoms with Gasteiger partial charge in [-0.3, -0.25) is 6.08 Å². The maximum atomic E-state index is 11.0. The van der Waals surface area contributed by atoms with Crippen LogP contribution in [0.2, 0.25) is 0 Å². The molecule has 0 amide bonds. The molecular formula is C24H26O2Zr. The predicted octanol–water partition coefficient (Wildman–Crippen LogP) is 4.73. The number of hydrogen-bond acceptors (Lipinski definition) is 2. The Balaban J connectivity index is 0. The Morgan fingerprint density at radius 2 is 1.30 bits per heavy atom. The first-order valence-electron chi connectivity index (χ1n) is 8.12. The molecule has 0 N–H and O–H groups in total. The average Bonchev–Trinajstić information content (AvgIpc) is 3.20. The molecule has 0 heterocycles. The SMILES string of the molecule is C=CCc1ccccc1[O-].C=CCc1ccccc1[O-].[C-]1=CC=CC1.[CH3-].[Zr+4]. The van der Waals surface area contributed by atoms with Gasteiger partial charge in [0.2, 0.25) is 0 Å². The van der Waals surface area contributed by atoms with E-state index in [1.165, 1.54) is 0 Å². The molecule has 1 aliphatic rings. The molecule has 1 aliphatic carbocycles. The van der Waals surface area contributed by atoms with E-state index in [0.29, 0.717) is 12.8 Å². The second-order valence-electron chi connectivity index (χ2n) is 5.20. The zero-order valence-electron chi connectivity index (χ0n) is 15.9. The molecule has 0 aliphatic heterocycles. The normalized spacial score (nSPS) is 10.1. The van der Waals surface area contributed by atoms with Crippen molar-refractivity contribution in [3.63, 3.8) is 0 Å². The van der Waals surface area contributed by atoms with E-state index < -0.39 is 0 Å². The van der Waals surface area contributed by atoms with Gasteiger partial charge in [0.15, 0.2) is 0 Å². The first kappa shape index (κ1) is 27.1. The summed E-state index contributed by atoms with van der Waals surface area (Å²) >= 11 is 0. The molecule has 0 bridgehead atoms. The standard InChI is InChI=1S/2C9H10O.C5H5.CH3.Zr/c2*1-2-5-8-6-3-4-7-9(8)10;1-2-4-5-3-1;;/h2*2-4,6-7,10H,1,5H2;1-3H,4H2;1H3;/q;;2*-1;+4/p-2. The van der Waals surface area contributed by atoms with Crippen molar-refractivity contribution in [2.75, 3.05) is 0 Å². The first-order valence-corrected chi connectivity index (χ1v) is 8.12. The van der Waals surface area contributed by atoms with E-state index in [-0.39, 0.29) is 45.1 Å². The van der Waals surface area contributed by atoms with Crippen molar-refractivity contribution < 1.29 is 36.4 Å². The van der Waals surface area contributed by atoms with E-state index in [4.69, 9.17) is 0 Å². The molecular weight excluding hydrogens is 411 g/mol. The minimum atomic E-state index is 0. The summed E-state index contributed by atoms with van der Waals surface area (Å²) in [5.74, 6) is 0.199. The minimum Gasteiger partial charge on any atom is -0.872 e. The number of para-hydroxylation sites is 2. The van der Waals surface area contributed by atoms with Gasteiger partial charge in [0, 0.05) is 0 Å². The van der Waals surface area contributed by atoms with E-state index in [1.54, 1.807) is 36.4 Å². The van der Waals surface area contributed by atoms with Crippen LogP contribution in [0.25, 0.3) is 0 Å². The molecule has 0 saturated carbocycles. The van der Waals surface area contributed by atoms with Crippen molar-refractivity contribution >= 4 is 0 Å². The molecule has 2 aromatic carbocycles. The van der Waals surface area contributed by atoms with Gasteiger partial charge < -0.3 is 17.6 Å². The molecule has 3 heteroatoms. The van der Waals surface area contributed by atoms with Crippen LogP contribution in [-0.4, -0.2) is 0 Å². The molecule has 138 valence electrons. The summed E-state index contributed by atoms with van der Waals surface area (Å²) in [7, 11) is 0. The first-order chi connectivity index (χ1) is 12.2. The van der Waals surface area contributed by atoms with E-state index in [1.807, 2.05) is 36.4 Å². The van der Waals surface area contributed by atoms with Gasteiger partial charge in [-0.15, -0.1) is 31.1 Å². The third-order valence-corrected chi connectivity index (χ3v) is 3.26. The van der Waals surface area contributed by atoms with Gasteiger partial charge in [-0.2, -0.15) is 6.08 Å². The fourth-order valence-corrected chi connectivity index (χ4v) is 2.00. The molecule has 0 unspecified atom stereocenters. The number of benzene rings is 2. The summed E-state index contributed by atoms with van der Waals surface area (Å²) in [6.45, 7) is 7.12. The molecule has 0 fully saturated rings. The molecule has 0 spiro atoms. The van der Waals surface area contributed by atoms with Crippen LogP contribution in [0.15, 0.2) is 92.1 Å². The van der Waals surface area contributed by atoms with Crippen LogP contribution in [0.4, 0.5) is 0 Å². The summed E-state index contributed by atoms with van der Waals surface area (Å²) in [5, 5.41) is 21.9. The fourth-order valence-electron chi connectivity index (χ4n) is 2.00. The predicted molar refractivity (Wildman–Crippen MR) is 108 cm³/mol. The Labute approximate surface area is 183 Å². The topological polar surface area (TPSA) is 46.1 Å². The maximum absolute atomic E-state index is 11.0. The second kappa shape index (κ2) is 17.3. The monoisotopic (exact) mass is 436 g/mol. The van der Waals surface area contributed by atoms with Crippen molar-refractivity contribution in [2.24, 2.45) is 0 Å². The Hall–Kier alpha value is -2.12. The van der Waals surface area contributed by atoms with E-state index >= 15 is 0 Å². The van der Waals surface area contributed by atoms with E-state index in [2.05, 4.69) is 25.3 Å². The summed E-state index contributed by atoms with van der Waals surface area (Å²) in [6, 6.07) is 14.0.